The summed E-state index contributed by atoms with van der Waals surface area (Å²) in [4.78, 5) is 0. The van der Waals surface area contributed by atoms with Gasteiger partial charge in [-0.05, 0) is 45.5 Å². The molecule has 0 N–H and O–H groups in total. The molecule has 0 saturated carbocycles. The largest absolute Gasteiger partial charge is 0.415 e. The molecule has 6 rings (SSSR count). The Hall–Kier alpha value is -3.02. The van der Waals surface area contributed by atoms with Crippen LogP contribution < -0.4 is 10.6 Å². The van der Waals surface area contributed by atoms with E-state index in [9.17, 15) is 4.57 Å². The minimum Gasteiger partial charge on any atom is -0.0619 e. The molecular formula is C26H18OP+. The first-order valence-electron chi connectivity index (χ1n) is 9.69. The maximum absolute atomic E-state index is 13.8. The highest BCUT2D eigenvalue weighted by Gasteiger charge is 2.36. The number of benzene rings is 4. The highest BCUT2D eigenvalue weighted by molar-refractivity contribution is 7.61. The molecular weight excluding hydrogens is 359 g/mol. The quantitative estimate of drug-likeness (QED) is 0.359. The molecule has 0 unspecified atom stereocenters. The van der Waals surface area contributed by atoms with Crippen LogP contribution in [0.4, 0.5) is 0 Å². The number of hydrogen-bond donors (Lipinski definition) is 0. The van der Waals surface area contributed by atoms with Crippen LogP contribution in [0.3, 0.4) is 0 Å². The van der Waals surface area contributed by atoms with E-state index in [1.807, 2.05) is 0 Å². The van der Waals surface area contributed by atoms with Gasteiger partial charge in [0, 0.05) is 24.0 Å². The van der Waals surface area contributed by atoms with Gasteiger partial charge in [-0.3, -0.25) is 0 Å². The zero-order chi connectivity index (χ0) is 18.7. The summed E-state index contributed by atoms with van der Waals surface area (Å²) in [6.07, 6.45) is 1.75. The van der Waals surface area contributed by atoms with Crippen LogP contribution in [-0.2, 0) is 17.4 Å². The molecule has 2 heteroatoms. The molecule has 0 aliphatic heterocycles. The third-order valence-corrected chi connectivity index (χ3v) is 7.80. The van der Waals surface area contributed by atoms with Crippen molar-refractivity contribution in [3.8, 4) is 22.3 Å². The van der Waals surface area contributed by atoms with Crippen molar-refractivity contribution in [1.82, 2.24) is 0 Å². The van der Waals surface area contributed by atoms with Crippen molar-refractivity contribution in [1.29, 1.82) is 0 Å². The molecule has 0 amide bonds. The predicted molar refractivity (Wildman–Crippen MR) is 116 cm³/mol. The second-order valence-corrected chi connectivity index (χ2v) is 9.12. The van der Waals surface area contributed by atoms with E-state index in [4.69, 9.17) is 0 Å². The van der Waals surface area contributed by atoms with E-state index in [1.54, 1.807) is 0 Å². The SMILES string of the molecule is O=[P+](c1cccc2c1Cc1ccccc1-2)c1cccc2c1Cc1ccccc1-2. The van der Waals surface area contributed by atoms with Crippen LogP contribution in [0.25, 0.3) is 22.3 Å². The summed E-state index contributed by atoms with van der Waals surface area (Å²) in [5.41, 5.74) is 10.2. The van der Waals surface area contributed by atoms with Gasteiger partial charge in [-0.15, -0.1) is 0 Å². The second kappa shape index (κ2) is 5.99. The molecule has 28 heavy (non-hydrogen) atoms. The molecule has 132 valence electrons. The average molecular weight is 377 g/mol. The van der Waals surface area contributed by atoms with Crippen molar-refractivity contribution in [2.24, 2.45) is 0 Å². The highest BCUT2D eigenvalue weighted by atomic mass is 31.1. The Morgan fingerprint density at radius 1 is 0.500 bits per heavy atom. The van der Waals surface area contributed by atoms with Gasteiger partial charge >= 0.3 is 7.80 Å². The Labute approximate surface area is 165 Å². The lowest BCUT2D eigenvalue weighted by molar-refractivity contribution is 0.598. The van der Waals surface area contributed by atoms with E-state index < -0.39 is 7.80 Å². The lowest BCUT2D eigenvalue weighted by Crippen LogP contribution is -2.14. The Kier molecular flexibility index (Phi) is 3.42. The fraction of sp³-hybridized carbons (Fsp3) is 0.0769. The van der Waals surface area contributed by atoms with Crippen LogP contribution in [0.2, 0.25) is 0 Å². The fourth-order valence-electron chi connectivity index (χ4n) is 4.79. The summed E-state index contributed by atoms with van der Waals surface area (Å²) in [6.45, 7) is 0. The van der Waals surface area contributed by atoms with Gasteiger partial charge < -0.3 is 0 Å². The van der Waals surface area contributed by atoms with E-state index in [0.29, 0.717) is 0 Å². The number of hydrogen-bond acceptors (Lipinski definition) is 1. The van der Waals surface area contributed by atoms with E-state index in [0.717, 1.165) is 23.5 Å². The average Bonchev–Trinajstić information content (AvgIpc) is 3.31. The molecule has 0 saturated heterocycles. The standard InChI is InChI=1S/C26H18OP/c27-28(25-13-5-11-21-19-9-3-1-7-17(19)15-23(21)25)26-14-6-12-22-20-10-4-2-8-18(20)16-24(22)26/h1-14H,15-16H2/q+1. The summed E-state index contributed by atoms with van der Waals surface area (Å²) in [7, 11) is -1.63. The maximum atomic E-state index is 13.8. The summed E-state index contributed by atoms with van der Waals surface area (Å²) in [6, 6.07) is 29.6. The minimum atomic E-state index is -1.63. The predicted octanol–water partition coefficient (Wildman–Crippen LogP) is 5.61. The van der Waals surface area contributed by atoms with Gasteiger partial charge in [-0.25, -0.2) is 0 Å². The lowest BCUT2D eigenvalue weighted by atomic mass is 10.1. The molecule has 2 aliphatic rings. The van der Waals surface area contributed by atoms with Crippen molar-refractivity contribution < 1.29 is 4.57 Å². The zero-order valence-corrected chi connectivity index (χ0v) is 16.2. The second-order valence-electron chi connectivity index (χ2n) is 7.57. The lowest BCUT2D eigenvalue weighted by Gasteiger charge is -2.03. The van der Waals surface area contributed by atoms with Crippen molar-refractivity contribution in [2.75, 3.05) is 0 Å². The summed E-state index contributed by atoms with van der Waals surface area (Å²) in [5.74, 6) is 0. The Bertz CT molecular complexity index is 1190. The monoisotopic (exact) mass is 377 g/mol. The van der Waals surface area contributed by atoms with Crippen LogP contribution in [0, 0.1) is 0 Å². The topological polar surface area (TPSA) is 17.1 Å². The van der Waals surface area contributed by atoms with Crippen molar-refractivity contribution in [2.45, 2.75) is 12.8 Å². The highest BCUT2D eigenvalue weighted by Crippen LogP contribution is 2.41. The molecule has 1 nitrogen and oxygen atoms in total. The summed E-state index contributed by atoms with van der Waals surface area (Å²) >= 11 is 0. The van der Waals surface area contributed by atoms with Crippen molar-refractivity contribution >= 4 is 18.4 Å². The van der Waals surface area contributed by atoms with Gasteiger partial charge in [-0.2, -0.15) is 0 Å². The van der Waals surface area contributed by atoms with Crippen LogP contribution in [0.5, 0.6) is 0 Å². The van der Waals surface area contributed by atoms with Crippen molar-refractivity contribution in [3.05, 3.63) is 107 Å². The van der Waals surface area contributed by atoms with E-state index >= 15 is 0 Å². The third kappa shape index (κ3) is 2.20. The molecule has 4 aromatic carbocycles. The molecule has 0 spiro atoms. The van der Waals surface area contributed by atoms with E-state index in [-0.39, 0.29) is 0 Å². The Morgan fingerprint density at radius 3 is 1.43 bits per heavy atom. The first kappa shape index (κ1) is 16.0. The first-order chi connectivity index (χ1) is 13.8. The van der Waals surface area contributed by atoms with Gasteiger partial charge in [0.25, 0.3) is 0 Å². The van der Waals surface area contributed by atoms with Crippen LogP contribution >= 0.6 is 7.80 Å². The normalized spacial score (nSPS) is 12.9. The van der Waals surface area contributed by atoms with Gasteiger partial charge in [0.15, 0.2) is 10.6 Å². The van der Waals surface area contributed by atoms with Gasteiger partial charge in [0.1, 0.15) is 0 Å². The fourth-order valence-corrected chi connectivity index (χ4v) is 6.38. The molecule has 0 radical (unpaired) electrons. The van der Waals surface area contributed by atoms with E-state index in [2.05, 4.69) is 84.9 Å². The van der Waals surface area contributed by atoms with Gasteiger partial charge in [0.2, 0.25) is 0 Å². The Balaban J connectivity index is 1.49. The summed E-state index contributed by atoms with van der Waals surface area (Å²) < 4.78 is 13.8. The summed E-state index contributed by atoms with van der Waals surface area (Å²) in [5, 5.41) is 1.99. The smallest absolute Gasteiger partial charge is 0.0619 e. The number of fused-ring (bicyclic) bond motifs is 6. The molecule has 4 aromatic rings. The third-order valence-electron chi connectivity index (χ3n) is 6.09. The molecule has 0 fully saturated rings. The van der Waals surface area contributed by atoms with E-state index in [1.165, 1.54) is 44.5 Å². The Morgan fingerprint density at radius 2 is 0.929 bits per heavy atom. The number of rotatable bonds is 2. The molecule has 0 aromatic heterocycles. The van der Waals surface area contributed by atoms with Crippen LogP contribution in [0.1, 0.15) is 22.3 Å². The van der Waals surface area contributed by atoms with Crippen LogP contribution in [-0.4, -0.2) is 0 Å². The zero-order valence-electron chi connectivity index (χ0n) is 15.4. The van der Waals surface area contributed by atoms with Gasteiger partial charge in [-0.1, -0.05) is 77.4 Å². The molecule has 0 heterocycles. The minimum absolute atomic E-state index is 0.873. The molecule has 0 atom stereocenters. The maximum Gasteiger partial charge on any atom is 0.415 e. The molecule has 0 bridgehead atoms. The van der Waals surface area contributed by atoms with Crippen LogP contribution in [0.15, 0.2) is 84.9 Å². The first-order valence-corrected chi connectivity index (χ1v) is 10.9. The van der Waals surface area contributed by atoms with Gasteiger partial charge in [0.05, 0.1) is 0 Å². The van der Waals surface area contributed by atoms with Crippen molar-refractivity contribution in [3.63, 3.8) is 0 Å². The molecule has 2 aliphatic carbocycles.